The Morgan fingerprint density at radius 1 is 1.38 bits per heavy atom. The van der Waals surface area contributed by atoms with Crippen LogP contribution in [0, 0.1) is 13.8 Å². The number of furan rings is 1. The van der Waals surface area contributed by atoms with Crippen molar-refractivity contribution in [2.24, 2.45) is 0 Å². The molecule has 0 aromatic carbocycles. The van der Waals surface area contributed by atoms with Gasteiger partial charge in [0, 0.05) is 23.5 Å². The highest BCUT2D eigenvalue weighted by Crippen LogP contribution is 2.31. The summed E-state index contributed by atoms with van der Waals surface area (Å²) in [7, 11) is 0. The summed E-state index contributed by atoms with van der Waals surface area (Å²) in [5.74, 6) is 0.0416. The van der Waals surface area contributed by atoms with Crippen molar-refractivity contribution in [3.63, 3.8) is 0 Å². The molecule has 4 heteroatoms. The summed E-state index contributed by atoms with van der Waals surface area (Å²) in [6.07, 6.45) is 3.27. The predicted molar refractivity (Wildman–Crippen MR) is 58.4 cm³/mol. The fourth-order valence-electron chi connectivity index (χ4n) is 1.80. The SMILES string of the molecule is Cc1oc(C)c(-c2cccnc2)c1C(=O)O. The summed E-state index contributed by atoms with van der Waals surface area (Å²) in [6.45, 7) is 3.40. The number of carboxylic acids is 1. The van der Waals surface area contributed by atoms with E-state index >= 15 is 0 Å². The van der Waals surface area contributed by atoms with E-state index in [1.165, 1.54) is 0 Å². The third kappa shape index (κ3) is 1.58. The lowest BCUT2D eigenvalue weighted by Gasteiger charge is -2.00. The molecule has 0 fully saturated rings. The van der Waals surface area contributed by atoms with Crippen molar-refractivity contribution in [1.82, 2.24) is 4.98 Å². The molecule has 4 nitrogen and oxygen atoms in total. The van der Waals surface area contributed by atoms with Crippen LogP contribution in [0.3, 0.4) is 0 Å². The fraction of sp³-hybridized carbons (Fsp3) is 0.167. The molecule has 0 spiro atoms. The number of nitrogens with zero attached hydrogens (tertiary/aromatic N) is 1. The van der Waals surface area contributed by atoms with Crippen LogP contribution in [-0.4, -0.2) is 16.1 Å². The van der Waals surface area contributed by atoms with Crippen molar-refractivity contribution in [3.05, 3.63) is 41.6 Å². The van der Waals surface area contributed by atoms with E-state index in [4.69, 9.17) is 9.52 Å². The average Bonchev–Trinajstić information content (AvgIpc) is 2.55. The Hall–Kier alpha value is -2.10. The number of rotatable bonds is 2. The Labute approximate surface area is 92.6 Å². The number of aromatic nitrogens is 1. The van der Waals surface area contributed by atoms with Gasteiger partial charge in [0.05, 0.1) is 0 Å². The van der Waals surface area contributed by atoms with E-state index < -0.39 is 5.97 Å². The second-order valence-electron chi connectivity index (χ2n) is 3.51. The molecule has 2 aromatic rings. The Morgan fingerprint density at radius 3 is 2.69 bits per heavy atom. The number of pyridine rings is 1. The Bertz CT molecular complexity index is 529. The van der Waals surface area contributed by atoms with Gasteiger partial charge < -0.3 is 9.52 Å². The Balaban J connectivity index is 2.69. The summed E-state index contributed by atoms with van der Waals surface area (Å²) < 4.78 is 5.35. The normalized spacial score (nSPS) is 10.4. The summed E-state index contributed by atoms with van der Waals surface area (Å²) in [5.41, 5.74) is 1.58. The van der Waals surface area contributed by atoms with Crippen molar-refractivity contribution in [2.75, 3.05) is 0 Å². The van der Waals surface area contributed by atoms with Gasteiger partial charge >= 0.3 is 5.97 Å². The summed E-state index contributed by atoms with van der Waals surface area (Å²) >= 11 is 0. The number of aromatic carboxylic acids is 1. The second-order valence-corrected chi connectivity index (χ2v) is 3.51. The largest absolute Gasteiger partial charge is 0.478 e. The average molecular weight is 217 g/mol. The molecule has 0 saturated heterocycles. The van der Waals surface area contributed by atoms with Crippen molar-refractivity contribution >= 4 is 5.97 Å². The summed E-state index contributed by atoms with van der Waals surface area (Å²) in [6, 6.07) is 3.58. The van der Waals surface area contributed by atoms with Crippen molar-refractivity contribution < 1.29 is 14.3 Å². The van der Waals surface area contributed by atoms with Crippen LogP contribution < -0.4 is 0 Å². The first kappa shape index (κ1) is 10.4. The zero-order valence-electron chi connectivity index (χ0n) is 9.02. The van der Waals surface area contributed by atoms with E-state index in [0.717, 1.165) is 5.56 Å². The molecule has 0 aliphatic rings. The van der Waals surface area contributed by atoms with Crippen LogP contribution in [0.4, 0.5) is 0 Å². The van der Waals surface area contributed by atoms with Gasteiger partial charge in [0.25, 0.3) is 0 Å². The maximum atomic E-state index is 11.1. The molecular formula is C12H11NO3. The van der Waals surface area contributed by atoms with Crippen LogP contribution in [0.15, 0.2) is 28.9 Å². The van der Waals surface area contributed by atoms with Gasteiger partial charge in [-0.2, -0.15) is 0 Å². The van der Waals surface area contributed by atoms with Gasteiger partial charge in [-0.05, 0) is 19.9 Å². The molecule has 1 N–H and O–H groups in total. The third-order valence-corrected chi connectivity index (χ3v) is 2.42. The smallest absolute Gasteiger partial charge is 0.339 e. The number of hydrogen-bond donors (Lipinski definition) is 1. The molecule has 0 atom stereocenters. The lowest BCUT2D eigenvalue weighted by molar-refractivity contribution is 0.0696. The second kappa shape index (κ2) is 3.81. The molecule has 2 aromatic heterocycles. The van der Waals surface area contributed by atoms with Gasteiger partial charge in [0.1, 0.15) is 17.1 Å². The van der Waals surface area contributed by atoms with Gasteiger partial charge in [0.15, 0.2) is 0 Å². The molecule has 0 aliphatic heterocycles. The van der Waals surface area contributed by atoms with Gasteiger partial charge in [-0.25, -0.2) is 4.79 Å². The zero-order chi connectivity index (χ0) is 11.7. The maximum Gasteiger partial charge on any atom is 0.339 e. The monoisotopic (exact) mass is 217 g/mol. The quantitative estimate of drug-likeness (QED) is 0.839. The lowest BCUT2D eigenvalue weighted by atomic mass is 10.0. The van der Waals surface area contributed by atoms with E-state index in [-0.39, 0.29) is 5.56 Å². The molecule has 2 heterocycles. The standard InChI is InChI=1S/C12H11NO3/c1-7-10(9-4-3-5-13-6-9)11(12(14)15)8(2)16-7/h3-6H,1-2H3,(H,14,15). The van der Waals surface area contributed by atoms with Crippen LogP contribution in [0.2, 0.25) is 0 Å². The summed E-state index contributed by atoms with van der Waals surface area (Å²) in [5, 5.41) is 9.14. The molecule has 16 heavy (non-hydrogen) atoms. The van der Waals surface area contributed by atoms with E-state index in [0.29, 0.717) is 17.1 Å². The van der Waals surface area contributed by atoms with Gasteiger partial charge in [-0.15, -0.1) is 0 Å². The molecule has 82 valence electrons. The van der Waals surface area contributed by atoms with E-state index in [1.54, 1.807) is 32.3 Å². The minimum Gasteiger partial charge on any atom is -0.478 e. The lowest BCUT2D eigenvalue weighted by Crippen LogP contribution is -1.99. The highest BCUT2D eigenvalue weighted by atomic mass is 16.4. The van der Waals surface area contributed by atoms with Crippen LogP contribution in [0.25, 0.3) is 11.1 Å². The Morgan fingerprint density at radius 2 is 2.12 bits per heavy atom. The minimum atomic E-state index is -0.979. The first-order chi connectivity index (χ1) is 7.61. The van der Waals surface area contributed by atoms with Gasteiger partial charge in [-0.3, -0.25) is 4.98 Å². The van der Waals surface area contributed by atoms with E-state index in [9.17, 15) is 4.79 Å². The number of carbonyl (C=O) groups is 1. The summed E-state index contributed by atoms with van der Waals surface area (Å²) in [4.78, 5) is 15.1. The Kier molecular flexibility index (Phi) is 2.48. The van der Waals surface area contributed by atoms with Gasteiger partial charge in [0.2, 0.25) is 0 Å². The highest BCUT2D eigenvalue weighted by molar-refractivity contribution is 5.97. The predicted octanol–water partition coefficient (Wildman–Crippen LogP) is 2.66. The van der Waals surface area contributed by atoms with Crippen molar-refractivity contribution in [2.45, 2.75) is 13.8 Å². The zero-order valence-corrected chi connectivity index (χ0v) is 9.02. The molecule has 0 amide bonds. The van der Waals surface area contributed by atoms with Crippen LogP contribution in [-0.2, 0) is 0 Å². The van der Waals surface area contributed by atoms with Crippen molar-refractivity contribution in [1.29, 1.82) is 0 Å². The molecular weight excluding hydrogens is 206 g/mol. The fourth-order valence-corrected chi connectivity index (χ4v) is 1.80. The van der Waals surface area contributed by atoms with Crippen LogP contribution in [0.5, 0.6) is 0 Å². The third-order valence-electron chi connectivity index (χ3n) is 2.42. The van der Waals surface area contributed by atoms with Crippen molar-refractivity contribution in [3.8, 4) is 11.1 Å². The van der Waals surface area contributed by atoms with E-state index in [1.807, 2.05) is 6.07 Å². The molecule has 0 unspecified atom stereocenters. The maximum absolute atomic E-state index is 11.1. The number of hydrogen-bond acceptors (Lipinski definition) is 3. The first-order valence-corrected chi connectivity index (χ1v) is 4.85. The van der Waals surface area contributed by atoms with E-state index in [2.05, 4.69) is 4.98 Å². The van der Waals surface area contributed by atoms with Crippen LogP contribution in [0.1, 0.15) is 21.9 Å². The van der Waals surface area contributed by atoms with Crippen LogP contribution >= 0.6 is 0 Å². The molecule has 0 aliphatic carbocycles. The van der Waals surface area contributed by atoms with Gasteiger partial charge in [-0.1, -0.05) is 6.07 Å². The molecule has 0 saturated carbocycles. The highest BCUT2D eigenvalue weighted by Gasteiger charge is 2.21. The molecule has 2 rings (SSSR count). The first-order valence-electron chi connectivity index (χ1n) is 4.85. The number of carboxylic acid groups (broad SMARTS) is 1. The number of aryl methyl sites for hydroxylation is 2. The molecule has 0 radical (unpaired) electrons. The molecule has 0 bridgehead atoms. The minimum absolute atomic E-state index is 0.213. The topological polar surface area (TPSA) is 63.3 Å².